The third-order valence-electron chi connectivity index (χ3n) is 4.30. The van der Waals surface area contributed by atoms with Crippen LogP contribution in [0.3, 0.4) is 0 Å². The number of unbranched alkanes of at least 4 members (excludes halogenated alkanes) is 1. The molecular weight excluding hydrogens is 266 g/mol. The molecule has 1 heterocycles. The lowest BCUT2D eigenvalue weighted by Gasteiger charge is -2.35. The largest absolute Gasteiger partial charge is 0.334 e. The number of likely N-dealkylation sites (N-methyl/N-ethyl adjacent to an activating group) is 1. The van der Waals surface area contributed by atoms with Gasteiger partial charge in [0.05, 0.1) is 0 Å². The van der Waals surface area contributed by atoms with E-state index in [0.29, 0.717) is 13.1 Å². The summed E-state index contributed by atoms with van der Waals surface area (Å²) in [6, 6.07) is 0.201. The fraction of sp³-hybridized carbons (Fsp3) is 0.875. The number of carbonyl (C=O) groups excluding carboxylic acids is 2. The molecule has 0 aliphatic carbocycles. The summed E-state index contributed by atoms with van der Waals surface area (Å²) >= 11 is 0. The fourth-order valence-corrected chi connectivity index (χ4v) is 2.77. The Kier molecular flexibility index (Phi) is 7.72. The van der Waals surface area contributed by atoms with Crippen LogP contribution in [-0.4, -0.2) is 72.8 Å². The molecule has 0 aromatic carbocycles. The minimum Gasteiger partial charge on any atom is -0.334 e. The fourth-order valence-electron chi connectivity index (χ4n) is 2.77. The summed E-state index contributed by atoms with van der Waals surface area (Å²) in [4.78, 5) is 30.5. The Bertz CT molecular complexity index is 338. The summed E-state index contributed by atoms with van der Waals surface area (Å²) in [5.41, 5.74) is 0. The highest BCUT2D eigenvalue weighted by Crippen LogP contribution is 2.15. The topological polar surface area (TPSA) is 43.9 Å². The van der Waals surface area contributed by atoms with Crippen molar-refractivity contribution in [3.8, 4) is 0 Å². The van der Waals surface area contributed by atoms with Gasteiger partial charge in [-0.25, -0.2) is 0 Å². The lowest BCUT2D eigenvalue weighted by molar-refractivity contribution is -0.152. The zero-order valence-electron chi connectivity index (χ0n) is 14.1. The predicted molar refractivity (Wildman–Crippen MR) is 85.1 cm³/mol. The number of amides is 2. The Morgan fingerprint density at radius 2 is 1.67 bits per heavy atom. The van der Waals surface area contributed by atoms with Gasteiger partial charge in [-0.15, -0.1) is 0 Å². The molecule has 5 nitrogen and oxygen atoms in total. The first-order valence-electron chi connectivity index (χ1n) is 8.25. The van der Waals surface area contributed by atoms with Crippen molar-refractivity contribution in [3.63, 3.8) is 0 Å². The molecule has 0 aromatic rings. The predicted octanol–water partition coefficient (Wildman–Crippen LogP) is 1.58. The molecule has 0 bridgehead atoms. The second-order valence-corrected chi connectivity index (χ2v) is 6.10. The van der Waals surface area contributed by atoms with E-state index in [1.54, 1.807) is 16.8 Å². The molecular formula is C16H31N3O2. The SMILES string of the molecule is CCCCN(CCC)C(=O)C(=O)N(C)C1CCN(C)CC1. The number of nitrogens with zero attached hydrogens (tertiary/aromatic N) is 3. The first kappa shape index (κ1) is 18.0. The second kappa shape index (κ2) is 9.03. The molecule has 0 unspecified atom stereocenters. The third-order valence-corrected chi connectivity index (χ3v) is 4.30. The van der Waals surface area contributed by atoms with Crippen molar-refractivity contribution in [3.05, 3.63) is 0 Å². The monoisotopic (exact) mass is 297 g/mol. The maximum atomic E-state index is 12.4. The lowest BCUT2D eigenvalue weighted by atomic mass is 10.0. The maximum absolute atomic E-state index is 12.4. The van der Waals surface area contributed by atoms with Crippen LogP contribution in [-0.2, 0) is 9.59 Å². The maximum Gasteiger partial charge on any atom is 0.312 e. The van der Waals surface area contributed by atoms with Crippen LogP contribution < -0.4 is 0 Å². The molecule has 1 aliphatic heterocycles. The Balaban J connectivity index is 2.59. The Labute approximate surface area is 129 Å². The molecule has 0 spiro atoms. The molecule has 1 rings (SSSR count). The summed E-state index contributed by atoms with van der Waals surface area (Å²) in [5, 5.41) is 0. The first-order chi connectivity index (χ1) is 10.0. The smallest absolute Gasteiger partial charge is 0.312 e. The number of likely N-dealkylation sites (tertiary alicyclic amines) is 1. The molecule has 0 saturated carbocycles. The van der Waals surface area contributed by atoms with Gasteiger partial charge in [-0.05, 0) is 45.8 Å². The van der Waals surface area contributed by atoms with E-state index >= 15 is 0 Å². The zero-order chi connectivity index (χ0) is 15.8. The van der Waals surface area contributed by atoms with Gasteiger partial charge in [-0.1, -0.05) is 20.3 Å². The number of hydrogen-bond acceptors (Lipinski definition) is 3. The third kappa shape index (κ3) is 5.30. The van der Waals surface area contributed by atoms with Crippen molar-refractivity contribution >= 4 is 11.8 Å². The van der Waals surface area contributed by atoms with Gasteiger partial charge in [0.1, 0.15) is 0 Å². The first-order valence-corrected chi connectivity index (χ1v) is 8.25. The van der Waals surface area contributed by atoms with Crippen LogP contribution in [0.25, 0.3) is 0 Å². The van der Waals surface area contributed by atoms with Gasteiger partial charge in [-0.2, -0.15) is 0 Å². The van der Waals surface area contributed by atoms with Gasteiger partial charge in [0.25, 0.3) is 0 Å². The Morgan fingerprint density at radius 3 is 2.19 bits per heavy atom. The van der Waals surface area contributed by atoms with Crippen molar-refractivity contribution in [2.24, 2.45) is 0 Å². The molecule has 2 amide bonds. The van der Waals surface area contributed by atoms with E-state index in [9.17, 15) is 9.59 Å². The van der Waals surface area contributed by atoms with Gasteiger partial charge in [0.2, 0.25) is 0 Å². The minimum atomic E-state index is -0.339. The van der Waals surface area contributed by atoms with E-state index in [1.165, 1.54) is 0 Å². The van der Waals surface area contributed by atoms with Crippen LogP contribution in [0.5, 0.6) is 0 Å². The van der Waals surface area contributed by atoms with Gasteiger partial charge in [0.15, 0.2) is 0 Å². The number of carbonyl (C=O) groups is 2. The highest BCUT2D eigenvalue weighted by molar-refractivity contribution is 6.34. The number of piperidine rings is 1. The zero-order valence-corrected chi connectivity index (χ0v) is 14.1. The van der Waals surface area contributed by atoms with Gasteiger partial charge >= 0.3 is 11.8 Å². The minimum absolute atomic E-state index is 0.201. The quantitative estimate of drug-likeness (QED) is 0.699. The average molecular weight is 297 g/mol. The summed E-state index contributed by atoms with van der Waals surface area (Å²) in [7, 11) is 3.87. The van der Waals surface area contributed by atoms with E-state index in [1.807, 2.05) is 6.92 Å². The standard InChI is InChI=1S/C16H31N3O2/c1-5-7-11-19(10-6-2)16(21)15(20)18(4)14-8-12-17(3)13-9-14/h14H,5-13H2,1-4H3. The van der Waals surface area contributed by atoms with Crippen LogP contribution >= 0.6 is 0 Å². The van der Waals surface area contributed by atoms with Crippen molar-refractivity contribution < 1.29 is 9.59 Å². The highest BCUT2D eigenvalue weighted by atomic mass is 16.2. The van der Waals surface area contributed by atoms with Crippen molar-refractivity contribution in [1.82, 2.24) is 14.7 Å². The number of hydrogen-bond donors (Lipinski definition) is 0. The number of rotatable bonds is 6. The van der Waals surface area contributed by atoms with Crippen molar-refractivity contribution in [2.75, 3.05) is 40.3 Å². The van der Waals surface area contributed by atoms with Crippen molar-refractivity contribution in [2.45, 2.75) is 52.0 Å². The van der Waals surface area contributed by atoms with E-state index in [0.717, 1.165) is 45.2 Å². The van der Waals surface area contributed by atoms with Gasteiger partial charge in [0, 0.05) is 26.2 Å². The molecule has 0 radical (unpaired) electrons. The highest BCUT2D eigenvalue weighted by Gasteiger charge is 2.30. The molecule has 0 aromatic heterocycles. The summed E-state index contributed by atoms with van der Waals surface area (Å²) in [6.07, 6.45) is 4.79. The van der Waals surface area contributed by atoms with Crippen LogP contribution in [0.2, 0.25) is 0 Å². The van der Waals surface area contributed by atoms with Crippen LogP contribution in [0.4, 0.5) is 0 Å². The van der Waals surface area contributed by atoms with E-state index < -0.39 is 0 Å². The average Bonchev–Trinajstić information content (AvgIpc) is 2.50. The Morgan fingerprint density at radius 1 is 1.05 bits per heavy atom. The Hall–Kier alpha value is -1.10. The van der Waals surface area contributed by atoms with E-state index in [2.05, 4.69) is 18.9 Å². The molecule has 1 fully saturated rings. The lowest BCUT2D eigenvalue weighted by Crippen LogP contribution is -2.50. The summed E-state index contributed by atoms with van der Waals surface area (Å²) < 4.78 is 0. The van der Waals surface area contributed by atoms with E-state index in [4.69, 9.17) is 0 Å². The van der Waals surface area contributed by atoms with Gasteiger partial charge in [-0.3, -0.25) is 9.59 Å². The molecule has 1 saturated heterocycles. The van der Waals surface area contributed by atoms with Crippen LogP contribution in [0, 0.1) is 0 Å². The summed E-state index contributed by atoms with van der Waals surface area (Å²) in [5.74, 6) is -0.666. The van der Waals surface area contributed by atoms with Crippen LogP contribution in [0.15, 0.2) is 0 Å². The second-order valence-electron chi connectivity index (χ2n) is 6.10. The van der Waals surface area contributed by atoms with E-state index in [-0.39, 0.29) is 17.9 Å². The molecule has 0 N–H and O–H groups in total. The van der Waals surface area contributed by atoms with Crippen molar-refractivity contribution in [1.29, 1.82) is 0 Å². The normalized spacial score (nSPS) is 16.8. The van der Waals surface area contributed by atoms with Crippen LogP contribution in [0.1, 0.15) is 46.0 Å². The molecule has 1 aliphatic rings. The molecule has 122 valence electrons. The van der Waals surface area contributed by atoms with Gasteiger partial charge < -0.3 is 14.7 Å². The molecule has 0 atom stereocenters. The molecule has 21 heavy (non-hydrogen) atoms. The summed E-state index contributed by atoms with van der Waals surface area (Å²) in [6.45, 7) is 7.48. The molecule has 5 heteroatoms.